The van der Waals surface area contributed by atoms with Crippen molar-refractivity contribution in [3.8, 4) is 6.07 Å². The van der Waals surface area contributed by atoms with Gasteiger partial charge in [0.25, 0.3) is 0 Å². The van der Waals surface area contributed by atoms with E-state index in [0.29, 0.717) is 5.75 Å². The number of allylic oxidation sites excluding steroid dienone is 4. The number of ketones is 1. The Balaban J connectivity index is 1.31. The third-order valence-electron chi connectivity index (χ3n) is 11.0. The minimum atomic E-state index is -2.35. The maximum absolute atomic E-state index is 17.5. The van der Waals surface area contributed by atoms with Gasteiger partial charge in [0.15, 0.2) is 18.1 Å². The molecule has 0 spiro atoms. The van der Waals surface area contributed by atoms with Crippen LogP contribution in [0.25, 0.3) is 0 Å². The smallest absolute Gasteiger partial charge is 0.352 e. The van der Waals surface area contributed by atoms with Gasteiger partial charge in [0.1, 0.15) is 12.2 Å². The van der Waals surface area contributed by atoms with Crippen LogP contribution in [0.4, 0.5) is 8.78 Å². The van der Waals surface area contributed by atoms with Gasteiger partial charge in [-0.15, -0.1) is 11.8 Å². The van der Waals surface area contributed by atoms with Gasteiger partial charge < -0.3 is 14.6 Å². The van der Waals surface area contributed by atoms with Crippen LogP contribution in [0.2, 0.25) is 0 Å². The molecule has 10 heteroatoms. The number of halogens is 2. The predicted octanol–water partition coefficient (Wildman–Crippen LogP) is 6.26. The predicted molar refractivity (Wildman–Crippen MR) is 166 cm³/mol. The van der Waals surface area contributed by atoms with Crippen molar-refractivity contribution in [1.82, 2.24) is 0 Å². The van der Waals surface area contributed by atoms with Crippen LogP contribution >= 0.6 is 11.8 Å². The first-order valence-electron chi connectivity index (χ1n) is 15.4. The zero-order chi connectivity index (χ0) is 32.9. The SMILES string of the molecule is C[C@]12C=CC(=O)C=C1[C@@H](F)C[C@H]1[C@@H]3CC[C@@](OC(=O)c4ccc(CSc5ccccc5)cc4)(C(=O)OCC#N)[C@@]3(C)C[C@H](O)C12F. The Morgan fingerprint density at radius 3 is 2.52 bits per heavy atom. The molecule has 8 atom stereocenters. The number of esters is 2. The number of alkyl halides is 2. The van der Waals surface area contributed by atoms with Crippen molar-refractivity contribution in [3.05, 3.63) is 89.5 Å². The molecule has 0 saturated heterocycles. The van der Waals surface area contributed by atoms with Crippen LogP contribution in [0.3, 0.4) is 0 Å². The zero-order valence-corrected chi connectivity index (χ0v) is 26.4. The van der Waals surface area contributed by atoms with Crippen LogP contribution in [0.5, 0.6) is 0 Å². The van der Waals surface area contributed by atoms with Crippen molar-refractivity contribution in [2.45, 2.75) is 73.7 Å². The molecule has 3 fully saturated rings. The van der Waals surface area contributed by atoms with Crippen molar-refractivity contribution in [2.24, 2.45) is 22.7 Å². The Hall–Kier alpha value is -3.81. The summed E-state index contributed by atoms with van der Waals surface area (Å²) in [5.74, 6) is -3.29. The van der Waals surface area contributed by atoms with E-state index in [1.807, 2.05) is 30.3 Å². The van der Waals surface area contributed by atoms with Gasteiger partial charge in [0.2, 0.25) is 5.60 Å². The number of aliphatic hydroxyl groups excluding tert-OH is 1. The maximum atomic E-state index is 17.5. The van der Waals surface area contributed by atoms with E-state index in [1.165, 1.54) is 19.1 Å². The minimum Gasteiger partial charge on any atom is -0.447 e. The number of nitrogens with zero attached hydrogens (tertiary/aromatic N) is 1. The molecular weight excluding hydrogens is 612 g/mol. The number of thioether (sulfide) groups is 1. The molecule has 240 valence electrons. The monoisotopic (exact) mass is 647 g/mol. The van der Waals surface area contributed by atoms with Crippen molar-refractivity contribution in [2.75, 3.05) is 6.61 Å². The van der Waals surface area contributed by atoms with Crippen LogP contribution in [0, 0.1) is 34.0 Å². The van der Waals surface area contributed by atoms with E-state index < -0.39 is 70.5 Å². The van der Waals surface area contributed by atoms with Gasteiger partial charge in [-0.1, -0.05) is 43.3 Å². The average molecular weight is 648 g/mol. The summed E-state index contributed by atoms with van der Waals surface area (Å²) in [6, 6.07) is 18.4. The highest BCUT2D eigenvalue weighted by Gasteiger charge is 2.77. The molecule has 0 radical (unpaired) electrons. The molecular formula is C36H35F2NO6S. The van der Waals surface area contributed by atoms with Gasteiger partial charge in [-0.3, -0.25) is 4.79 Å². The number of rotatable bonds is 7. The lowest BCUT2D eigenvalue weighted by atomic mass is 9.44. The number of fused-ring (bicyclic) bond motifs is 5. The second kappa shape index (κ2) is 11.8. The first-order valence-corrected chi connectivity index (χ1v) is 16.4. The number of hydrogen-bond donors (Lipinski definition) is 1. The van der Waals surface area contributed by atoms with Gasteiger partial charge in [-0.25, -0.2) is 18.4 Å². The molecule has 0 aromatic heterocycles. The molecule has 2 aromatic rings. The average Bonchev–Trinajstić information content (AvgIpc) is 3.33. The maximum Gasteiger partial charge on any atom is 0.352 e. The molecule has 6 rings (SSSR count). The van der Waals surface area contributed by atoms with Gasteiger partial charge in [-0.05, 0) is 86.1 Å². The minimum absolute atomic E-state index is 0.00358. The summed E-state index contributed by atoms with van der Waals surface area (Å²) in [6.07, 6.45) is -0.148. The molecule has 46 heavy (non-hydrogen) atoms. The van der Waals surface area contributed by atoms with Crippen molar-refractivity contribution >= 4 is 29.5 Å². The fraction of sp³-hybridized carbons (Fsp3) is 0.444. The van der Waals surface area contributed by atoms with E-state index in [-0.39, 0.29) is 36.8 Å². The van der Waals surface area contributed by atoms with Crippen molar-refractivity contribution in [3.63, 3.8) is 0 Å². The second-order valence-corrected chi connectivity index (χ2v) is 14.2. The third kappa shape index (κ3) is 4.82. The quantitative estimate of drug-likeness (QED) is 0.277. The molecule has 7 nitrogen and oxygen atoms in total. The third-order valence-corrected chi connectivity index (χ3v) is 12.0. The Morgan fingerprint density at radius 2 is 1.83 bits per heavy atom. The molecule has 1 N–H and O–H groups in total. The van der Waals surface area contributed by atoms with Crippen molar-refractivity contribution in [1.29, 1.82) is 5.26 Å². The van der Waals surface area contributed by atoms with Crippen LogP contribution in [0.15, 0.2) is 83.3 Å². The molecule has 0 aliphatic heterocycles. The lowest BCUT2D eigenvalue weighted by molar-refractivity contribution is -0.228. The largest absolute Gasteiger partial charge is 0.447 e. The summed E-state index contributed by atoms with van der Waals surface area (Å²) < 4.78 is 44.7. The fourth-order valence-corrected chi connectivity index (χ4v) is 9.46. The summed E-state index contributed by atoms with van der Waals surface area (Å²) in [5, 5.41) is 20.8. The van der Waals surface area contributed by atoms with Crippen LogP contribution in [-0.4, -0.2) is 53.0 Å². The zero-order valence-electron chi connectivity index (χ0n) is 25.6. The summed E-state index contributed by atoms with van der Waals surface area (Å²) in [5.41, 5.74) is -6.11. The second-order valence-electron chi connectivity index (χ2n) is 13.1. The molecule has 3 saturated carbocycles. The summed E-state index contributed by atoms with van der Waals surface area (Å²) in [6.45, 7) is 2.56. The van der Waals surface area contributed by atoms with E-state index in [9.17, 15) is 19.5 Å². The van der Waals surface area contributed by atoms with Crippen LogP contribution in [0.1, 0.15) is 55.5 Å². The first kappa shape index (κ1) is 32.1. The summed E-state index contributed by atoms with van der Waals surface area (Å²) in [4.78, 5) is 40.7. The summed E-state index contributed by atoms with van der Waals surface area (Å²) in [7, 11) is 0. The molecule has 0 bridgehead atoms. The molecule has 1 unspecified atom stereocenters. The van der Waals surface area contributed by atoms with E-state index in [1.54, 1.807) is 49.0 Å². The first-order chi connectivity index (χ1) is 21.9. The van der Waals surface area contributed by atoms with E-state index in [0.717, 1.165) is 16.5 Å². The highest BCUT2D eigenvalue weighted by molar-refractivity contribution is 7.98. The van der Waals surface area contributed by atoms with Gasteiger partial charge >= 0.3 is 11.9 Å². The number of hydrogen-bond acceptors (Lipinski definition) is 8. The summed E-state index contributed by atoms with van der Waals surface area (Å²) >= 11 is 1.64. The molecule has 0 heterocycles. The lowest BCUT2D eigenvalue weighted by Gasteiger charge is -2.62. The van der Waals surface area contributed by atoms with Gasteiger partial charge in [0, 0.05) is 27.4 Å². The molecule has 2 aromatic carbocycles. The van der Waals surface area contributed by atoms with Gasteiger partial charge in [0.05, 0.1) is 11.7 Å². The fourth-order valence-electron chi connectivity index (χ4n) is 8.59. The Kier molecular flexibility index (Phi) is 8.22. The number of benzene rings is 2. The molecule has 4 aliphatic carbocycles. The van der Waals surface area contributed by atoms with E-state index >= 15 is 8.78 Å². The number of carbonyl (C=O) groups excluding carboxylic acids is 3. The van der Waals surface area contributed by atoms with Crippen molar-refractivity contribution < 1.29 is 37.7 Å². The van der Waals surface area contributed by atoms with E-state index in [4.69, 9.17) is 14.7 Å². The van der Waals surface area contributed by atoms with Gasteiger partial charge in [-0.2, -0.15) is 5.26 Å². The number of aliphatic hydroxyl groups is 1. The Labute approximate surface area is 270 Å². The number of ether oxygens (including phenoxy) is 2. The normalized spacial score (nSPS) is 36.0. The van der Waals surface area contributed by atoms with Crippen LogP contribution < -0.4 is 0 Å². The van der Waals surface area contributed by atoms with Crippen LogP contribution in [-0.2, 0) is 24.8 Å². The molecule has 4 aliphatic rings. The number of nitriles is 1. The Bertz CT molecular complexity index is 1660. The highest BCUT2D eigenvalue weighted by atomic mass is 32.2. The standard InChI is InChI=1S/C36H35F2NO6S/c1-33-14-12-24(40)18-28(33)29(37)19-27-26-13-15-35(32(43)44-17-16-39,34(26,2)20-30(41)36(27,33)38)45-31(42)23-10-8-22(9-11-23)21-46-25-6-4-3-5-7-25/h3-12,14,18,26-27,29-30,41H,13,15,17,19-21H2,1-2H3/t26-,27-,29-,30-,33-,34-,35+,36?/m0/s1. The van der Waals surface area contributed by atoms with E-state index in [2.05, 4.69) is 0 Å². The lowest BCUT2D eigenvalue weighted by Crippen LogP contribution is -2.70. The highest BCUT2D eigenvalue weighted by Crippen LogP contribution is 2.70. The Morgan fingerprint density at radius 1 is 1.11 bits per heavy atom. The number of carbonyl (C=O) groups is 3. The topological polar surface area (TPSA) is 114 Å². The molecule has 0 amide bonds.